The molecule has 16 heavy (non-hydrogen) atoms. The molecule has 0 amide bonds. The van der Waals surface area contributed by atoms with Gasteiger partial charge in [-0.2, -0.15) is 5.10 Å². The van der Waals surface area contributed by atoms with Crippen molar-refractivity contribution < 1.29 is 0 Å². The Hall–Kier alpha value is -0.900. The maximum atomic E-state index is 4.36. The highest BCUT2D eigenvalue weighted by atomic mass is 15.3. The second-order valence-electron chi connectivity index (χ2n) is 4.89. The van der Waals surface area contributed by atoms with Gasteiger partial charge in [0, 0.05) is 19.0 Å². The molecular formula is C12H22N4. The Labute approximate surface area is 97.5 Å². The van der Waals surface area contributed by atoms with Crippen LogP contribution in [0.1, 0.15) is 38.9 Å². The van der Waals surface area contributed by atoms with Crippen molar-refractivity contribution in [3.63, 3.8) is 0 Å². The van der Waals surface area contributed by atoms with Gasteiger partial charge in [-0.05, 0) is 31.7 Å². The van der Waals surface area contributed by atoms with E-state index in [0.29, 0.717) is 6.04 Å². The fraction of sp³-hybridized carbons (Fsp3) is 0.833. The second-order valence-corrected chi connectivity index (χ2v) is 4.89. The van der Waals surface area contributed by atoms with Crippen LogP contribution in [0, 0.1) is 5.92 Å². The standard InChI is InChI=1S/C12H22N4/c1-3-6-16-12(14-9-15-16)7-11-5-4-10(2)8-13-11/h9-11,13H,3-8H2,1-2H3. The molecule has 2 rings (SSSR count). The summed E-state index contributed by atoms with van der Waals surface area (Å²) >= 11 is 0. The zero-order valence-corrected chi connectivity index (χ0v) is 10.3. The number of hydrogen-bond acceptors (Lipinski definition) is 3. The van der Waals surface area contributed by atoms with Gasteiger partial charge >= 0.3 is 0 Å². The van der Waals surface area contributed by atoms with Gasteiger partial charge in [-0.25, -0.2) is 4.98 Å². The molecule has 1 aliphatic rings. The van der Waals surface area contributed by atoms with Crippen molar-refractivity contribution >= 4 is 0 Å². The van der Waals surface area contributed by atoms with E-state index in [4.69, 9.17) is 0 Å². The van der Waals surface area contributed by atoms with Crippen LogP contribution in [-0.4, -0.2) is 27.4 Å². The number of piperidine rings is 1. The normalized spacial score (nSPS) is 25.9. The Morgan fingerprint density at radius 2 is 2.38 bits per heavy atom. The Kier molecular flexibility index (Phi) is 3.93. The average Bonchev–Trinajstić information content (AvgIpc) is 2.70. The van der Waals surface area contributed by atoms with Crippen LogP contribution >= 0.6 is 0 Å². The van der Waals surface area contributed by atoms with Gasteiger partial charge in [0.05, 0.1) is 0 Å². The highest BCUT2D eigenvalue weighted by molar-refractivity contribution is 4.91. The minimum absolute atomic E-state index is 0.594. The number of aromatic nitrogens is 3. The van der Waals surface area contributed by atoms with Gasteiger partial charge in [-0.1, -0.05) is 13.8 Å². The molecule has 4 heteroatoms. The fourth-order valence-corrected chi connectivity index (χ4v) is 2.30. The van der Waals surface area contributed by atoms with Crippen LogP contribution < -0.4 is 5.32 Å². The van der Waals surface area contributed by atoms with Crippen LogP contribution in [0.5, 0.6) is 0 Å². The quantitative estimate of drug-likeness (QED) is 0.842. The topological polar surface area (TPSA) is 42.7 Å². The molecule has 0 bridgehead atoms. The Morgan fingerprint density at radius 3 is 3.06 bits per heavy atom. The molecule has 2 unspecified atom stereocenters. The largest absolute Gasteiger partial charge is 0.313 e. The van der Waals surface area contributed by atoms with Crippen LogP contribution in [0.2, 0.25) is 0 Å². The summed E-state index contributed by atoms with van der Waals surface area (Å²) in [4.78, 5) is 4.36. The predicted molar refractivity (Wildman–Crippen MR) is 64.2 cm³/mol. The summed E-state index contributed by atoms with van der Waals surface area (Å²) in [6, 6.07) is 0.594. The number of nitrogens with one attached hydrogen (secondary N) is 1. The van der Waals surface area contributed by atoms with E-state index in [1.807, 2.05) is 4.68 Å². The summed E-state index contributed by atoms with van der Waals surface area (Å²) < 4.78 is 2.04. The van der Waals surface area contributed by atoms with Crippen molar-refractivity contribution in [1.82, 2.24) is 20.1 Å². The van der Waals surface area contributed by atoms with Crippen molar-refractivity contribution in [1.29, 1.82) is 0 Å². The number of rotatable bonds is 4. The summed E-state index contributed by atoms with van der Waals surface area (Å²) in [5, 5.41) is 7.86. The van der Waals surface area contributed by atoms with Gasteiger partial charge < -0.3 is 5.32 Å². The van der Waals surface area contributed by atoms with Crippen LogP contribution in [0.25, 0.3) is 0 Å². The Balaban J connectivity index is 1.90. The summed E-state index contributed by atoms with van der Waals surface area (Å²) in [6.07, 6.45) is 6.41. The smallest absolute Gasteiger partial charge is 0.138 e. The van der Waals surface area contributed by atoms with Crippen molar-refractivity contribution in [3.8, 4) is 0 Å². The molecule has 2 heterocycles. The lowest BCUT2D eigenvalue weighted by atomic mass is 9.94. The molecule has 1 aliphatic heterocycles. The van der Waals surface area contributed by atoms with E-state index in [0.717, 1.165) is 37.7 Å². The fourth-order valence-electron chi connectivity index (χ4n) is 2.30. The maximum Gasteiger partial charge on any atom is 0.138 e. The van der Waals surface area contributed by atoms with E-state index in [1.54, 1.807) is 6.33 Å². The molecule has 1 N–H and O–H groups in total. The molecule has 90 valence electrons. The molecule has 1 aromatic heterocycles. The highest BCUT2D eigenvalue weighted by Gasteiger charge is 2.19. The van der Waals surface area contributed by atoms with E-state index >= 15 is 0 Å². The second kappa shape index (κ2) is 5.43. The third kappa shape index (κ3) is 2.82. The first-order chi connectivity index (χ1) is 7.79. The molecule has 1 aromatic rings. The molecule has 1 saturated heterocycles. The van der Waals surface area contributed by atoms with Gasteiger partial charge in [0.2, 0.25) is 0 Å². The monoisotopic (exact) mass is 222 g/mol. The predicted octanol–water partition coefficient (Wildman–Crippen LogP) is 1.62. The van der Waals surface area contributed by atoms with Crippen LogP contribution in [0.15, 0.2) is 6.33 Å². The number of nitrogens with zero attached hydrogens (tertiary/aromatic N) is 3. The van der Waals surface area contributed by atoms with Crippen molar-refractivity contribution in [2.24, 2.45) is 5.92 Å². The molecule has 0 spiro atoms. The molecule has 1 fully saturated rings. The SMILES string of the molecule is CCCn1ncnc1CC1CCC(C)CN1. The van der Waals surface area contributed by atoms with E-state index in [-0.39, 0.29) is 0 Å². The summed E-state index contributed by atoms with van der Waals surface area (Å²) in [6.45, 7) is 6.61. The highest BCUT2D eigenvalue weighted by Crippen LogP contribution is 2.15. The van der Waals surface area contributed by atoms with Crippen LogP contribution in [-0.2, 0) is 13.0 Å². The maximum absolute atomic E-state index is 4.36. The molecular weight excluding hydrogens is 200 g/mol. The van der Waals surface area contributed by atoms with Gasteiger partial charge in [-0.3, -0.25) is 4.68 Å². The van der Waals surface area contributed by atoms with E-state index in [1.165, 1.54) is 12.8 Å². The van der Waals surface area contributed by atoms with Crippen molar-refractivity contribution in [2.75, 3.05) is 6.54 Å². The van der Waals surface area contributed by atoms with Crippen molar-refractivity contribution in [3.05, 3.63) is 12.2 Å². The van der Waals surface area contributed by atoms with Gasteiger partial charge in [0.15, 0.2) is 0 Å². The minimum Gasteiger partial charge on any atom is -0.313 e. The van der Waals surface area contributed by atoms with Crippen molar-refractivity contribution in [2.45, 2.75) is 52.1 Å². The molecule has 4 nitrogen and oxygen atoms in total. The number of hydrogen-bond donors (Lipinski definition) is 1. The molecule has 0 saturated carbocycles. The zero-order chi connectivity index (χ0) is 11.4. The third-order valence-corrected chi connectivity index (χ3v) is 3.32. The summed E-state index contributed by atoms with van der Waals surface area (Å²) in [5.41, 5.74) is 0. The lowest BCUT2D eigenvalue weighted by Crippen LogP contribution is -2.39. The third-order valence-electron chi connectivity index (χ3n) is 3.32. The molecule has 0 aromatic carbocycles. The van der Waals surface area contributed by atoms with Crippen LogP contribution in [0.4, 0.5) is 0 Å². The summed E-state index contributed by atoms with van der Waals surface area (Å²) in [5.74, 6) is 1.96. The zero-order valence-electron chi connectivity index (χ0n) is 10.3. The van der Waals surface area contributed by atoms with Gasteiger partial charge in [0.25, 0.3) is 0 Å². The Bertz CT molecular complexity index is 313. The Morgan fingerprint density at radius 1 is 1.50 bits per heavy atom. The average molecular weight is 222 g/mol. The molecule has 0 aliphatic carbocycles. The lowest BCUT2D eigenvalue weighted by Gasteiger charge is -2.27. The first kappa shape index (κ1) is 11.6. The lowest BCUT2D eigenvalue weighted by molar-refractivity contribution is 0.320. The van der Waals surface area contributed by atoms with E-state index in [9.17, 15) is 0 Å². The number of aryl methyl sites for hydroxylation is 1. The van der Waals surface area contributed by atoms with Gasteiger partial charge in [0.1, 0.15) is 12.2 Å². The van der Waals surface area contributed by atoms with E-state index < -0.39 is 0 Å². The minimum atomic E-state index is 0.594. The van der Waals surface area contributed by atoms with Crippen LogP contribution in [0.3, 0.4) is 0 Å². The van der Waals surface area contributed by atoms with E-state index in [2.05, 4.69) is 29.2 Å². The van der Waals surface area contributed by atoms with Gasteiger partial charge in [-0.15, -0.1) is 0 Å². The molecule has 2 atom stereocenters. The molecule has 0 radical (unpaired) electrons. The first-order valence-electron chi connectivity index (χ1n) is 6.39. The summed E-state index contributed by atoms with van der Waals surface area (Å²) in [7, 11) is 0. The first-order valence-corrected chi connectivity index (χ1v) is 6.39.